The molecule has 0 bridgehead atoms. The van der Waals surface area contributed by atoms with E-state index >= 15 is 0 Å². The summed E-state index contributed by atoms with van der Waals surface area (Å²) in [6, 6.07) is 7.95. The van der Waals surface area contributed by atoms with E-state index in [0.717, 1.165) is 30.9 Å². The van der Waals surface area contributed by atoms with Gasteiger partial charge in [0.15, 0.2) is 0 Å². The number of amides is 1. The van der Waals surface area contributed by atoms with Gasteiger partial charge in [0.05, 0.1) is 5.69 Å². The minimum Gasteiger partial charge on any atom is -0.348 e. The van der Waals surface area contributed by atoms with E-state index in [1.54, 1.807) is 4.68 Å². The van der Waals surface area contributed by atoms with E-state index in [1.165, 1.54) is 19.3 Å². The molecule has 0 spiro atoms. The van der Waals surface area contributed by atoms with Gasteiger partial charge in [0.2, 0.25) is 5.82 Å². The smallest absolute Gasteiger partial charge is 0.291 e. The lowest BCUT2D eigenvalue weighted by Gasteiger charge is -2.26. The van der Waals surface area contributed by atoms with Gasteiger partial charge in [-0.05, 0) is 51.4 Å². The predicted octanol–water partition coefficient (Wildman–Crippen LogP) is 2.10. The maximum atomic E-state index is 12.3. The number of carbonyl (C=O) groups excluding carboxylic acids is 1. The minimum absolute atomic E-state index is 0.206. The van der Waals surface area contributed by atoms with E-state index in [1.807, 2.05) is 38.1 Å². The van der Waals surface area contributed by atoms with Gasteiger partial charge in [-0.2, -0.15) is 0 Å². The molecule has 6 nitrogen and oxygen atoms in total. The van der Waals surface area contributed by atoms with Crippen LogP contribution in [0, 0.1) is 13.8 Å². The van der Waals surface area contributed by atoms with Crippen LogP contribution in [0.5, 0.6) is 0 Å². The van der Waals surface area contributed by atoms with Gasteiger partial charge in [0.1, 0.15) is 5.82 Å². The number of carbonyl (C=O) groups is 1. The standard InChI is InChI=1S/C18H25N5O/c1-14-8-4-5-9-16(14)23-15(2)20-17(21-23)18(24)19-10-13-22-11-6-3-7-12-22/h4-5,8-9H,3,6-7,10-13H2,1-2H3,(H,19,24). The van der Waals surface area contributed by atoms with Gasteiger partial charge in [-0.1, -0.05) is 24.6 Å². The monoisotopic (exact) mass is 327 g/mol. The van der Waals surface area contributed by atoms with Crippen molar-refractivity contribution >= 4 is 5.91 Å². The maximum absolute atomic E-state index is 12.3. The van der Waals surface area contributed by atoms with Gasteiger partial charge in [0.25, 0.3) is 5.91 Å². The second-order valence-electron chi connectivity index (χ2n) is 6.34. The van der Waals surface area contributed by atoms with Crippen LogP contribution in [-0.2, 0) is 0 Å². The highest BCUT2D eigenvalue weighted by Crippen LogP contribution is 2.14. The van der Waals surface area contributed by atoms with Crippen molar-refractivity contribution in [3.63, 3.8) is 0 Å². The Morgan fingerprint density at radius 2 is 1.92 bits per heavy atom. The Bertz CT molecular complexity index is 703. The largest absolute Gasteiger partial charge is 0.348 e. The van der Waals surface area contributed by atoms with Crippen LogP contribution in [0.3, 0.4) is 0 Å². The highest BCUT2D eigenvalue weighted by Gasteiger charge is 2.16. The first-order valence-corrected chi connectivity index (χ1v) is 8.65. The highest BCUT2D eigenvalue weighted by atomic mass is 16.2. The third kappa shape index (κ3) is 3.82. The zero-order chi connectivity index (χ0) is 16.9. The molecule has 24 heavy (non-hydrogen) atoms. The second-order valence-corrected chi connectivity index (χ2v) is 6.34. The number of hydrogen-bond donors (Lipinski definition) is 1. The number of nitrogens with zero attached hydrogens (tertiary/aromatic N) is 4. The number of piperidine rings is 1. The lowest BCUT2D eigenvalue weighted by atomic mass is 10.1. The first-order valence-electron chi connectivity index (χ1n) is 8.65. The molecule has 3 rings (SSSR count). The van der Waals surface area contributed by atoms with E-state index in [2.05, 4.69) is 20.3 Å². The Morgan fingerprint density at radius 3 is 2.67 bits per heavy atom. The SMILES string of the molecule is Cc1ccccc1-n1nc(C(=O)NCCN2CCCCC2)nc1C. The van der Waals surface area contributed by atoms with E-state index in [9.17, 15) is 4.79 Å². The molecule has 0 radical (unpaired) electrons. The van der Waals surface area contributed by atoms with Gasteiger partial charge < -0.3 is 10.2 Å². The first kappa shape index (κ1) is 16.6. The van der Waals surface area contributed by atoms with Crippen molar-refractivity contribution in [1.29, 1.82) is 0 Å². The predicted molar refractivity (Wildman–Crippen MR) is 93.5 cm³/mol. The minimum atomic E-state index is -0.206. The Balaban J connectivity index is 1.61. The molecule has 1 aromatic carbocycles. The van der Waals surface area contributed by atoms with Crippen LogP contribution in [0.4, 0.5) is 0 Å². The molecule has 0 aliphatic carbocycles. The number of benzene rings is 1. The number of likely N-dealkylation sites (tertiary alicyclic amines) is 1. The molecular weight excluding hydrogens is 302 g/mol. The van der Waals surface area contributed by atoms with Crippen LogP contribution in [0.2, 0.25) is 0 Å². The second kappa shape index (κ2) is 7.57. The molecule has 1 aromatic heterocycles. The van der Waals surface area contributed by atoms with Crippen molar-refractivity contribution in [2.24, 2.45) is 0 Å². The number of aromatic nitrogens is 3. The lowest BCUT2D eigenvalue weighted by molar-refractivity contribution is 0.0936. The highest BCUT2D eigenvalue weighted by molar-refractivity contribution is 5.90. The van der Waals surface area contributed by atoms with Crippen molar-refractivity contribution in [3.8, 4) is 5.69 Å². The molecule has 128 valence electrons. The van der Waals surface area contributed by atoms with Crippen LogP contribution in [0.25, 0.3) is 5.69 Å². The van der Waals surface area contributed by atoms with Gasteiger partial charge in [-0.25, -0.2) is 9.67 Å². The number of aryl methyl sites for hydroxylation is 2. The Hall–Kier alpha value is -2.21. The summed E-state index contributed by atoms with van der Waals surface area (Å²) in [5.41, 5.74) is 2.05. The quantitative estimate of drug-likeness (QED) is 0.913. The van der Waals surface area contributed by atoms with Crippen molar-refractivity contribution < 1.29 is 4.79 Å². The molecule has 1 aliphatic heterocycles. The van der Waals surface area contributed by atoms with Crippen LogP contribution >= 0.6 is 0 Å². The number of hydrogen-bond acceptors (Lipinski definition) is 4. The third-order valence-electron chi connectivity index (χ3n) is 4.48. The Kier molecular flexibility index (Phi) is 5.25. The van der Waals surface area contributed by atoms with Crippen LogP contribution < -0.4 is 5.32 Å². The van der Waals surface area contributed by atoms with Crippen LogP contribution in [-0.4, -0.2) is 51.8 Å². The van der Waals surface area contributed by atoms with Gasteiger partial charge in [-0.15, -0.1) is 5.10 Å². The normalized spacial score (nSPS) is 15.4. The molecule has 1 fully saturated rings. The summed E-state index contributed by atoms with van der Waals surface area (Å²) in [6.45, 7) is 7.68. The van der Waals surface area contributed by atoms with Crippen molar-refractivity contribution in [3.05, 3.63) is 41.5 Å². The van der Waals surface area contributed by atoms with Crippen molar-refractivity contribution in [2.45, 2.75) is 33.1 Å². The fourth-order valence-electron chi connectivity index (χ4n) is 3.11. The molecule has 2 heterocycles. The molecule has 1 amide bonds. The Labute approximate surface area is 142 Å². The van der Waals surface area contributed by atoms with E-state index in [4.69, 9.17) is 0 Å². The molecule has 1 N–H and O–H groups in total. The van der Waals surface area contributed by atoms with Crippen LogP contribution in [0.15, 0.2) is 24.3 Å². The fourth-order valence-corrected chi connectivity index (χ4v) is 3.11. The van der Waals surface area contributed by atoms with E-state index < -0.39 is 0 Å². The topological polar surface area (TPSA) is 63.1 Å². The number of para-hydroxylation sites is 1. The Morgan fingerprint density at radius 1 is 1.17 bits per heavy atom. The van der Waals surface area contributed by atoms with Gasteiger partial charge >= 0.3 is 0 Å². The summed E-state index contributed by atoms with van der Waals surface area (Å²) in [4.78, 5) is 19.0. The van der Waals surface area contributed by atoms with E-state index in [-0.39, 0.29) is 11.7 Å². The molecule has 0 saturated carbocycles. The molecule has 2 aromatic rings. The summed E-state index contributed by atoms with van der Waals surface area (Å²) in [5, 5.41) is 7.32. The summed E-state index contributed by atoms with van der Waals surface area (Å²) in [5.74, 6) is 0.738. The van der Waals surface area contributed by atoms with Gasteiger partial charge in [-0.3, -0.25) is 4.79 Å². The fraction of sp³-hybridized carbons (Fsp3) is 0.500. The molecule has 6 heteroatoms. The maximum Gasteiger partial charge on any atom is 0.291 e. The summed E-state index contributed by atoms with van der Waals surface area (Å²) >= 11 is 0. The molecule has 0 unspecified atom stereocenters. The summed E-state index contributed by atoms with van der Waals surface area (Å²) in [7, 11) is 0. The lowest BCUT2D eigenvalue weighted by Crippen LogP contribution is -2.37. The van der Waals surface area contributed by atoms with E-state index in [0.29, 0.717) is 12.4 Å². The third-order valence-corrected chi connectivity index (χ3v) is 4.48. The molecule has 1 aliphatic rings. The molecule has 1 saturated heterocycles. The summed E-state index contributed by atoms with van der Waals surface area (Å²) < 4.78 is 1.73. The van der Waals surface area contributed by atoms with Crippen molar-refractivity contribution in [1.82, 2.24) is 25.0 Å². The number of rotatable bonds is 5. The van der Waals surface area contributed by atoms with Crippen molar-refractivity contribution in [2.75, 3.05) is 26.2 Å². The average Bonchev–Trinajstić information content (AvgIpc) is 2.98. The zero-order valence-electron chi connectivity index (χ0n) is 14.5. The summed E-state index contributed by atoms with van der Waals surface area (Å²) in [6.07, 6.45) is 3.84. The van der Waals surface area contributed by atoms with Gasteiger partial charge in [0, 0.05) is 13.1 Å². The molecule has 0 atom stereocenters. The number of nitrogens with one attached hydrogen (secondary N) is 1. The van der Waals surface area contributed by atoms with Crippen LogP contribution in [0.1, 0.15) is 41.3 Å². The average molecular weight is 327 g/mol. The zero-order valence-corrected chi connectivity index (χ0v) is 14.5. The molecular formula is C18H25N5O. The first-order chi connectivity index (χ1) is 11.6.